The molecule has 1 aliphatic carbocycles. The number of aromatic nitrogens is 1. The number of hydrogen-bond donors (Lipinski definition) is 2. The zero-order valence-corrected chi connectivity index (χ0v) is 11.3. The molecule has 4 nitrogen and oxygen atoms in total. The van der Waals surface area contributed by atoms with Crippen LogP contribution in [-0.4, -0.2) is 11.1 Å². The third-order valence-electron chi connectivity index (χ3n) is 3.48. The predicted octanol–water partition coefficient (Wildman–Crippen LogP) is 2.37. The van der Waals surface area contributed by atoms with Crippen molar-refractivity contribution in [3.63, 3.8) is 0 Å². The third-order valence-corrected chi connectivity index (χ3v) is 3.48. The van der Waals surface area contributed by atoms with Gasteiger partial charge in [-0.2, -0.15) is 0 Å². The molecule has 1 fully saturated rings. The molecule has 1 aromatic carbocycles. The summed E-state index contributed by atoms with van der Waals surface area (Å²) in [4.78, 5) is 4.03. The molecule has 0 radical (unpaired) electrons. The molecule has 1 unspecified atom stereocenters. The van der Waals surface area contributed by atoms with Gasteiger partial charge in [0.25, 0.3) is 0 Å². The van der Waals surface area contributed by atoms with Crippen molar-refractivity contribution in [2.24, 2.45) is 5.84 Å². The van der Waals surface area contributed by atoms with E-state index in [-0.39, 0.29) is 6.04 Å². The number of ether oxygens (including phenoxy) is 1. The highest BCUT2D eigenvalue weighted by Crippen LogP contribution is 2.28. The van der Waals surface area contributed by atoms with Crippen molar-refractivity contribution < 1.29 is 4.74 Å². The van der Waals surface area contributed by atoms with E-state index >= 15 is 0 Å². The molecule has 0 saturated heterocycles. The minimum absolute atomic E-state index is 0.0696. The first-order valence-electron chi connectivity index (χ1n) is 6.97. The zero-order chi connectivity index (χ0) is 13.8. The number of rotatable bonds is 6. The standard InChI is InChI=1S/C16H19N3O/c17-19-16(10-12-6-8-18-9-7-12)13-2-1-3-15(11-13)20-14-4-5-14/h1-3,6-9,11,14,16,19H,4-5,10,17H2. The molecule has 1 saturated carbocycles. The van der Waals surface area contributed by atoms with E-state index in [1.54, 1.807) is 12.4 Å². The Morgan fingerprint density at radius 1 is 1.25 bits per heavy atom. The number of benzene rings is 1. The maximum Gasteiger partial charge on any atom is 0.120 e. The summed E-state index contributed by atoms with van der Waals surface area (Å²) in [6, 6.07) is 12.3. The van der Waals surface area contributed by atoms with Crippen LogP contribution >= 0.6 is 0 Å². The maximum absolute atomic E-state index is 5.83. The van der Waals surface area contributed by atoms with Crippen molar-refractivity contribution >= 4 is 0 Å². The Hall–Kier alpha value is -1.91. The molecule has 2 aromatic rings. The molecule has 104 valence electrons. The largest absolute Gasteiger partial charge is 0.490 e. The fraction of sp³-hybridized carbons (Fsp3) is 0.312. The molecule has 3 N–H and O–H groups in total. The van der Waals surface area contributed by atoms with Crippen molar-refractivity contribution in [2.75, 3.05) is 0 Å². The summed E-state index contributed by atoms with van der Waals surface area (Å²) in [5, 5.41) is 0. The van der Waals surface area contributed by atoms with E-state index in [1.165, 1.54) is 18.4 Å². The first kappa shape index (κ1) is 13.1. The highest BCUT2D eigenvalue weighted by atomic mass is 16.5. The van der Waals surface area contributed by atoms with Crippen LogP contribution in [0.5, 0.6) is 5.75 Å². The van der Waals surface area contributed by atoms with Crippen LogP contribution in [0.25, 0.3) is 0 Å². The molecule has 0 aliphatic heterocycles. The fourth-order valence-electron chi connectivity index (χ4n) is 2.21. The molecule has 4 heteroatoms. The van der Waals surface area contributed by atoms with Gasteiger partial charge in [-0.15, -0.1) is 0 Å². The zero-order valence-electron chi connectivity index (χ0n) is 11.3. The number of pyridine rings is 1. The summed E-state index contributed by atoms with van der Waals surface area (Å²) in [6.45, 7) is 0. The quantitative estimate of drug-likeness (QED) is 0.624. The average Bonchev–Trinajstić information content (AvgIpc) is 3.30. The second kappa shape index (κ2) is 6.03. The average molecular weight is 269 g/mol. The van der Waals surface area contributed by atoms with E-state index in [0.717, 1.165) is 17.7 Å². The summed E-state index contributed by atoms with van der Waals surface area (Å²) >= 11 is 0. The van der Waals surface area contributed by atoms with Crippen molar-refractivity contribution in [2.45, 2.75) is 31.4 Å². The lowest BCUT2D eigenvalue weighted by molar-refractivity contribution is 0.302. The first-order chi connectivity index (χ1) is 9.85. The second-order valence-corrected chi connectivity index (χ2v) is 5.17. The van der Waals surface area contributed by atoms with E-state index in [2.05, 4.69) is 22.5 Å². The van der Waals surface area contributed by atoms with Gasteiger partial charge >= 0.3 is 0 Å². The number of hydrogen-bond acceptors (Lipinski definition) is 4. The molecule has 0 bridgehead atoms. The van der Waals surface area contributed by atoms with Crippen LogP contribution in [0.4, 0.5) is 0 Å². The molecule has 3 rings (SSSR count). The Morgan fingerprint density at radius 2 is 2.05 bits per heavy atom. The lowest BCUT2D eigenvalue weighted by atomic mass is 10.00. The SMILES string of the molecule is NNC(Cc1ccncc1)c1cccc(OC2CC2)c1. The van der Waals surface area contributed by atoms with E-state index in [1.807, 2.05) is 24.3 Å². The Balaban J connectivity index is 1.74. The van der Waals surface area contributed by atoms with Gasteiger partial charge in [-0.1, -0.05) is 12.1 Å². The van der Waals surface area contributed by atoms with Gasteiger partial charge in [-0.25, -0.2) is 0 Å². The van der Waals surface area contributed by atoms with Gasteiger partial charge in [0.15, 0.2) is 0 Å². The normalized spacial score (nSPS) is 15.8. The second-order valence-electron chi connectivity index (χ2n) is 5.17. The van der Waals surface area contributed by atoms with Crippen molar-refractivity contribution in [3.8, 4) is 5.75 Å². The molecule has 1 aliphatic rings. The monoisotopic (exact) mass is 269 g/mol. The van der Waals surface area contributed by atoms with Crippen LogP contribution < -0.4 is 16.0 Å². The fourth-order valence-corrected chi connectivity index (χ4v) is 2.21. The van der Waals surface area contributed by atoms with E-state index < -0.39 is 0 Å². The smallest absolute Gasteiger partial charge is 0.120 e. The van der Waals surface area contributed by atoms with Gasteiger partial charge in [0.1, 0.15) is 5.75 Å². The molecule has 0 spiro atoms. The van der Waals surface area contributed by atoms with Crippen LogP contribution in [-0.2, 0) is 6.42 Å². The van der Waals surface area contributed by atoms with E-state index in [4.69, 9.17) is 10.6 Å². The highest BCUT2D eigenvalue weighted by molar-refractivity contribution is 5.32. The van der Waals surface area contributed by atoms with Gasteiger partial charge in [0, 0.05) is 12.4 Å². The maximum atomic E-state index is 5.83. The predicted molar refractivity (Wildman–Crippen MR) is 78.1 cm³/mol. The van der Waals surface area contributed by atoms with Crippen molar-refractivity contribution in [1.82, 2.24) is 10.4 Å². The van der Waals surface area contributed by atoms with Gasteiger partial charge in [-0.05, 0) is 54.7 Å². The minimum atomic E-state index is 0.0696. The summed E-state index contributed by atoms with van der Waals surface area (Å²) < 4.78 is 5.83. The summed E-state index contributed by atoms with van der Waals surface area (Å²) in [5.74, 6) is 6.64. The Morgan fingerprint density at radius 3 is 2.75 bits per heavy atom. The number of nitrogens with two attached hydrogens (primary N) is 1. The van der Waals surface area contributed by atoms with E-state index in [9.17, 15) is 0 Å². The van der Waals surface area contributed by atoms with Crippen LogP contribution in [0.1, 0.15) is 30.0 Å². The summed E-state index contributed by atoms with van der Waals surface area (Å²) in [5.41, 5.74) is 5.23. The molecular weight excluding hydrogens is 250 g/mol. The van der Waals surface area contributed by atoms with Crippen LogP contribution in [0.15, 0.2) is 48.8 Å². The van der Waals surface area contributed by atoms with Gasteiger partial charge in [0.2, 0.25) is 0 Å². The van der Waals surface area contributed by atoms with Crippen LogP contribution in [0, 0.1) is 0 Å². The van der Waals surface area contributed by atoms with Gasteiger partial charge in [-0.3, -0.25) is 16.3 Å². The number of nitrogens with zero attached hydrogens (tertiary/aromatic N) is 1. The van der Waals surface area contributed by atoms with Gasteiger partial charge in [0.05, 0.1) is 12.1 Å². The molecule has 20 heavy (non-hydrogen) atoms. The Bertz CT molecular complexity index is 555. The Labute approximate surface area is 119 Å². The molecule has 1 heterocycles. The third kappa shape index (κ3) is 3.35. The topological polar surface area (TPSA) is 60.2 Å². The van der Waals surface area contributed by atoms with Crippen LogP contribution in [0.2, 0.25) is 0 Å². The van der Waals surface area contributed by atoms with E-state index in [0.29, 0.717) is 6.10 Å². The molecule has 1 atom stereocenters. The van der Waals surface area contributed by atoms with Crippen LogP contribution in [0.3, 0.4) is 0 Å². The first-order valence-corrected chi connectivity index (χ1v) is 6.97. The number of nitrogens with one attached hydrogen (secondary N) is 1. The van der Waals surface area contributed by atoms with Crippen molar-refractivity contribution in [1.29, 1.82) is 0 Å². The highest BCUT2D eigenvalue weighted by Gasteiger charge is 2.23. The summed E-state index contributed by atoms with van der Waals surface area (Å²) in [7, 11) is 0. The molecule has 0 amide bonds. The molecular formula is C16H19N3O. The lowest BCUT2D eigenvalue weighted by Crippen LogP contribution is -2.29. The minimum Gasteiger partial charge on any atom is -0.490 e. The lowest BCUT2D eigenvalue weighted by Gasteiger charge is -2.17. The summed E-state index contributed by atoms with van der Waals surface area (Å²) in [6.07, 6.45) is 7.17. The number of hydrazine groups is 1. The van der Waals surface area contributed by atoms with Gasteiger partial charge < -0.3 is 4.74 Å². The molecule has 1 aromatic heterocycles. The van der Waals surface area contributed by atoms with Crippen molar-refractivity contribution in [3.05, 3.63) is 59.9 Å². The Kier molecular flexibility index (Phi) is 3.95.